The maximum Gasteiger partial charge on any atom is 0.281 e. The van der Waals surface area contributed by atoms with Crippen LogP contribution in [0.1, 0.15) is 103 Å². The van der Waals surface area contributed by atoms with Crippen LogP contribution in [0.5, 0.6) is 0 Å². The van der Waals surface area contributed by atoms with Crippen LogP contribution in [0.25, 0.3) is 0 Å². The molecule has 5 nitrogen and oxygen atoms in total. The summed E-state index contributed by atoms with van der Waals surface area (Å²) in [5.74, 6) is 1.66. The van der Waals surface area contributed by atoms with Crippen LogP contribution in [-0.2, 0) is 0 Å². The molecule has 1 atom stereocenters. The zero-order valence-electron chi connectivity index (χ0n) is 19.5. The van der Waals surface area contributed by atoms with Crippen LogP contribution in [0.15, 0.2) is 9.98 Å². The first-order valence-electron chi connectivity index (χ1n) is 13.0. The third kappa shape index (κ3) is 7.23. The van der Waals surface area contributed by atoms with E-state index in [1.807, 2.05) is 35.8 Å². The molecule has 10 heteroatoms. The number of rotatable bonds is 8. The normalized spacial score (nSPS) is 30.0. The molecule has 0 amide bonds. The van der Waals surface area contributed by atoms with Crippen molar-refractivity contribution in [2.45, 2.75) is 128 Å². The van der Waals surface area contributed by atoms with Crippen molar-refractivity contribution in [2.75, 3.05) is 0 Å². The molecule has 0 spiro atoms. The average Bonchev–Trinajstić information content (AvgIpc) is 3.61. The van der Waals surface area contributed by atoms with Gasteiger partial charge < -0.3 is 0 Å². The molecule has 0 saturated heterocycles. The van der Waals surface area contributed by atoms with E-state index in [2.05, 4.69) is 13.7 Å². The number of alkyl halides is 1. The second kappa shape index (κ2) is 12.1. The van der Waals surface area contributed by atoms with E-state index < -0.39 is 4.45 Å². The summed E-state index contributed by atoms with van der Waals surface area (Å²) in [6.07, 6.45) is 20.9. The predicted molar refractivity (Wildman–Crippen MR) is 151 cm³/mol. The second-order valence-corrected chi connectivity index (χ2v) is 16.0. The molecule has 5 rings (SSSR count). The van der Waals surface area contributed by atoms with E-state index in [1.54, 1.807) is 11.8 Å². The van der Waals surface area contributed by atoms with E-state index in [9.17, 15) is 0 Å². The van der Waals surface area contributed by atoms with Gasteiger partial charge >= 0.3 is 0 Å². The van der Waals surface area contributed by atoms with Crippen molar-refractivity contribution in [3.05, 3.63) is 0 Å². The molecule has 5 aliphatic rings. The zero-order valence-corrected chi connectivity index (χ0v) is 23.5. The molecule has 2 N–H and O–H groups in total. The molecule has 4 aliphatic carbocycles. The summed E-state index contributed by atoms with van der Waals surface area (Å²) < 4.78 is 4.96. The average molecular weight is 548 g/mol. The molecule has 4 fully saturated rings. The quantitative estimate of drug-likeness (QED) is 0.185. The van der Waals surface area contributed by atoms with Crippen molar-refractivity contribution in [1.29, 1.82) is 0 Å². The molecule has 0 aromatic carbocycles. The summed E-state index contributed by atoms with van der Waals surface area (Å²) in [5, 5.41) is 6.14. The first kappa shape index (κ1) is 25.1. The highest BCUT2D eigenvalue weighted by atomic mass is 35.5. The second-order valence-electron chi connectivity index (χ2n) is 9.98. The maximum absolute atomic E-state index is 7.17. The van der Waals surface area contributed by atoms with Gasteiger partial charge in [0.1, 0.15) is 0 Å². The van der Waals surface area contributed by atoms with Gasteiger partial charge in [-0.25, -0.2) is 3.71 Å². The molecule has 0 aromatic heterocycles. The number of nitrogens with zero attached hydrogens (tertiary/aromatic N) is 3. The van der Waals surface area contributed by atoms with E-state index in [0.717, 1.165) is 11.9 Å². The molecule has 4 saturated carbocycles. The van der Waals surface area contributed by atoms with Crippen molar-refractivity contribution in [3.63, 3.8) is 0 Å². The summed E-state index contributed by atoms with van der Waals surface area (Å²) in [6.45, 7) is 0. The van der Waals surface area contributed by atoms with Gasteiger partial charge in [0.15, 0.2) is 0 Å². The molecule has 186 valence electrons. The molecule has 33 heavy (non-hydrogen) atoms. The molecule has 1 unspecified atom stereocenters. The lowest BCUT2D eigenvalue weighted by molar-refractivity contribution is 0.788. The highest BCUT2D eigenvalue weighted by molar-refractivity contribution is 8.13. The number of hydrogen-bond donors (Lipinski definition) is 2. The molecular weight excluding hydrogens is 510 g/mol. The SMILES string of the molecule is ClC1(SC2CCCC2)N=C(NSC2CCCC2)NC(N(SC2CCCC2)SC2CCCC2)=N1. The van der Waals surface area contributed by atoms with Crippen LogP contribution in [0.2, 0.25) is 0 Å². The lowest BCUT2D eigenvalue weighted by Gasteiger charge is -2.34. The summed E-state index contributed by atoms with van der Waals surface area (Å²) in [5.41, 5.74) is 0. The topological polar surface area (TPSA) is 52.0 Å². The number of hydrogen-bond acceptors (Lipinski definition) is 9. The fourth-order valence-corrected chi connectivity index (χ4v) is 11.1. The van der Waals surface area contributed by atoms with Gasteiger partial charge in [-0.05, 0) is 87.2 Å². The third-order valence-corrected chi connectivity index (χ3v) is 12.9. The Balaban J connectivity index is 1.33. The van der Waals surface area contributed by atoms with Crippen LogP contribution in [0.4, 0.5) is 0 Å². The van der Waals surface area contributed by atoms with Crippen LogP contribution >= 0.6 is 59.2 Å². The summed E-state index contributed by atoms with van der Waals surface area (Å²) in [6, 6.07) is 0. The Labute approximate surface area is 222 Å². The number of nitrogens with one attached hydrogen (secondary N) is 2. The van der Waals surface area contributed by atoms with Crippen LogP contribution in [0, 0.1) is 0 Å². The Bertz CT molecular complexity index is 683. The van der Waals surface area contributed by atoms with Gasteiger partial charge in [-0.1, -0.05) is 74.7 Å². The number of aliphatic imine (C=N–C) groups is 2. The summed E-state index contributed by atoms with van der Waals surface area (Å²) in [7, 11) is 0. The fraction of sp³-hybridized carbons (Fsp3) is 0.913. The number of guanidine groups is 2. The summed E-state index contributed by atoms with van der Waals surface area (Å²) in [4.78, 5) is 9.98. The minimum atomic E-state index is -0.973. The van der Waals surface area contributed by atoms with Crippen LogP contribution in [0.3, 0.4) is 0 Å². The van der Waals surface area contributed by atoms with Crippen molar-refractivity contribution in [2.24, 2.45) is 9.98 Å². The van der Waals surface area contributed by atoms with Crippen molar-refractivity contribution in [1.82, 2.24) is 13.7 Å². The minimum Gasteiger partial charge on any atom is -0.300 e. The highest BCUT2D eigenvalue weighted by Gasteiger charge is 2.39. The van der Waals surface area contributed by atoms with E-state index in [-0.39, 0.29) is 0 Å². The van der Waals surface area contributed by atoms with Crippen LogP contribution in [-0.4, -0.2) is 41.1 Å². The third-order valence-electron chi connectivity index (χ3n) is 7.23. The number of halogens is 1. The largest absolute Gasteiger partial charge is 0.300 e. The molecule has 0 aromatic rings. The van der Waals surface area contributed by atoms with Gasteiger partial charge in [-0.2, -0.15) is 9.98 Å². The monoisotopic (exact) mass is 547 g/mol. The molecule has 0 radical (unpaired) electrons. The van der Waals surface area contributed by atoms with Gasteiger partial charge in [-0.15, -0.1) is 0 Å². The number of thioether (sulfide) groups is 1. The lowest BCUT2D eigenvalue weighted by Crippen LogP contribution is -2.49. The minimum absolute atomic E-state index is 0.552. The zero-order chi connectivity index (χ0) is 22.5. The predicted octanol–water partition coefficient (Wildman–Crippen LogP) is 7.49. The van der Waals surface area contributed by atoms with Gasteiger partial charge in [0.2, 0.25) is 11.9 Å². The van der Waals surface area contributed by atoms with Crippen molar-refractivity contribution in [3.8, 4) is 0 Å². The molecule has 1 heterocycles. The van der Waals surface area contributed by atoms with E-state index in [4.69, 9.17) is 21.6 Å². The Morgan fingerprint density at radius 3 is 1.76 bits per heavy atom. The van der Waals surface area contributed by atoms with Gasteiger partial charge in [0.25, 0.3) is 4.45 Å². The molecule has 1 aliphatic heterocycles. The Morgan fingerprint density at radius 1 is 0.727 bits per heavy atom. The smallest absolute Gasteiger partial charge is 0.281 e. The van der Waals surface area contributed by atoms with E-state index in [0.29, 0.717) is 21.0 Å². The first-order chi connectivity index (χ1) is 16.2. The van der Waals surface area contributed by atoms with Crippen molar-refractivity contribution < 1.29 is 0 Å². The Hall–Kier alpha value is 0.430. The fourth-order valence-electron chi connectivity index (χ4n) is 5.39. The Morgan fingerprint density at radius 2 is 1.21 bits per heavy atom. The van der Waals surface area contributed by atoms with Gasteiger partial charge in [0.05, 0.1) is 0 Å². The first-order valence-corrected chi connectivity index (χ1v) is 16.8. The maximum atomic E-state index is 7.17. The molecular formula is C23H38ClN5S4. The van der Waals surface area contributed by atoms with E-state index >= 15 is 0 Å². The van der Waals surface area contributed by atoms with Crippen LogP contribution < -0.4 is 10.0 Å². The lowest BCUT2D eigenvalue weighted by atomic mass is 10.4. The standard InChI is InChI=1S/C23H38ClN5S4/c24-23(30-17-9-1-2-10-17)26-21(28-31-18-11-3-4-12-18)25-22(27-23)29(32-19-13-5-6-14-19)33-20-15-7-8-16-20/h17-20H,1-16H2,(H2,25,26,27,28). The van der Waals surface area contributed by atoms with E-state index in [1.165, 1.54) is 103 Å². The van der Waals surface area contributed by atoms with Gasteiger partial charge in [-0.3, -0.25) is 10.0 Å². The van der Waals surface area contributed by atoms with Crippen molar-refractivity contribution >= 4 is 71.1 Å². The highest BCUT2D eigenvalue weighted by Crippen LogP contribution is 2.46. The summed E-state index contributed by atoms with van der Waals surface area (Å²) >= 11 is 14.7. The molecule has 0 bridgehead atoms. The Kier molecular flexibility index (Phi) is 9.21. The van der Waals surface area contributed by atoms with Gasteiger partial charge in [0, 0.05) is 21.0 Å².